The normalized spacial score (nSPS) is 10.9. The number of halogens is 1. The third-order valence-corrected chi connectivity index (χ3v) is 2.94. The van der Waals surface area contributed by atoms with E-state index in [9.17, 15) is 9.59 Å². The van der Waals surface area contributed by atoms with Crippen LogP contribution < -0.4 is 5.73 Å². The molecule has 1 aromatic carbocycles. The number of carbonyl (C=O) groups excluding carboxylic acids is 2. The topological polar surface area (TPSA) is 63.4 Å². The molecule has 0 spiro atoms. The minimum absolute atomic E-state index is 0.0592. The van der Waals surface area contributed by atoms with Crippen molar-refractivity contribution >= 4 is 23.3 Å². The summed E-state index contributed by atoms with van der Waals surface area (Å²) in [5.74, 6) is -0.564. The van der Waals surface area contributed by atoms with Crippen LogP contribution in [0.1, 0.15) is 24.2 Å². The van der Waals surface area contributed by atoms with Crippen LogP contribution in [0.5, 0.6) is 0 Å². The van der Waals surface area contributed by atoms with E-state index in [0.717, 1.165) is 0 Å². The molecular weight excluding hydrogens is 252 g/mol. The second-order valence-electron chi connectivity index (χ2n) is 4.37. The van der Waals surface area contributed by atoms with Crippen molar-refractivity contribution in [3.8, 4) is 0 Å². The average molecular weight is 269 g/mol. The Hall–Kier alpha value is -1.39. The van der Waals surface area contributed by atoms with Crippen LogP contribution >= 0.6 is 11.6 Å². The molecule has 0 fully saturated rings. The maximum atomic E-state index is 12.1. The van der Waals surface area contributed by atoms with Crippen LogP contribution in [0, 0.1) is 0 Å². The number of amides is 1. The molecule has 1 amide bonds. The van der Waals surface area contributed by atoms with Gasteiger partial charge in [0.2, 0.25) is 5.91 Å². The fraction of sp³-hybridized carbons (Fsp3) is 0.385. The van der Waals surface area contributed by atoms with Crippen molar-refractivity contribution in [2.75, 3.05) is 13.1 Å². The first kappa shape index (κ1) is 14.7. The zero-order valence-corrected chi connectivity index (χ0v) is 11.3. The smallest absolute Gasteiger partial charge is 0.231 e. The summed E-state index contributed by atoms with van der Waals surface area (Å²) in [5.41, 5.74) is 5.62. The zero-order valence-electron chi connectivity index (χ0n) is 10.5. The Kier molecular flexibility index (Phi) is 5.31. The molecule has 0 radical (unpaired) electrons. The third kappa shape index (κ3) is 4.13. The number of carbonyl (C=O) groups is 2. The fourth-order valence-corrected chi connectivity index (χ4v) is 1.82. The van der Waals surface area contributed by atoms with E-state index >= 15 is 0 Å². The molecule has 0 saturated heterocycles. The van der Waals surface area contributed by atoms with Crippen LogP contribution in [0.25, 0.3) is 0 Å². The lowest BCUT2D eigenvalue weighted by molar-refractivity contribution is -0.119. The van der Waals surface area contributed by atoms with Crippen molar-refractivity contribution < 1.29 is 9.59 Å². The highest BCUT2D eigenvalue weighted by molar-refractivity contribution is 6.34. The van der Waals surface area contributed by atoms with Gasteiger partial charge in [0.05, 0.1) is 18.1 Å². The molecule has 0 atom stereocenters. The first-order chi connectivity index (χ1) is 8.41. The molecule has 0 aliphatic heterocycles. The van der Waals surface area contributed by atoms with Gasteiger partial charge in [-0.3, -0.25) is 14.5 Å². The number of Topliss-reactive ketones (excluding diaryl/α,β-unsaturated/α-hetero) is 1. The lowest BCUT2D eigenvalue weighted by atomic mass is 10.1. The van der Waals surface area contributed by atoms with E-state index in [4.69, 9.17) is 17.3 Å². The van der Waals surface area contributed by atoms with E-state index in [-0.39, 0.29) is 24.9 Å². The highest BCUT2D eigenvalue weighted by Gasteiger charge is 2.18. The SMILES string of the molecule is CC(C)N(CC(N)=O)CC(=O)c1ccccc1Cl. The summed E-state index contributed by atoms with van der Waals surface area (Å²) in [7, 11) is 0. The Morgan fingerprint density at radius 2 is 1.89 bits per heavy atom. The van der Waals surface area contributed by atoms with Crippen LogP contribution in [-0.2, 0) is 4.79 Å². The van der Waals surface area contributed by atoms with Gasteiger partial charge in [-0.25, -0.2) is 0 Å². The summed E-state index contributed by atoms with van der Waals surface area (Å²) in [6.45, 7) is 4.00. The van der Waals surface area contributed by atoms with E-state index < -0.39 is 5.91 Å². The fourth-order valence-electron chi connectivity index (χ4n) is 1.58. The predicted molar refractivity (Wildman–Crippen MR) is 71.7 cm³/mol. The summed E-state index contributed by atoms with van der Waals surface area (Å²) in [6.07, 6.45) is 0. The summed E-state index contributed by atoms with van der Waals surface area (Å²) >= 11 is 5.96. The highest BCUT2D eigenvalue weighted by Crippen LogP contribution is 2.16. The zero-order chi connectivity index (χ0) is 13.7. The van der Waals surface area contributed by atoms with Crippen LogP contribution in [0.4, 0.5) is 0 Å². The molecule has 0 saturated carbocycles. The van der Waals surface area contributed by atoms with Gasteiger partial charge in [-0.05, 0) is 26.0 Å². The molecule has 18 heavy (non-hydrogen) atoms. The van der Waals surface area contributed by atoms with Crippen LogP contribution in [0.2, 0.25) is 5.02 Å². The summed E-state index contributed by atoms with van der Waals surface area (Å²) < 4.78 is 0. The van der Waals surface area contributed by atoms with Crippen LogP contribution in [0.15, 0.2) is 24.3 Å². The molecule has 98 valence electrons. The number of ketones is 1. The van der Waals surface area contributed by atoms with Crippen LogP contribution in [-0.4, -0.2) is 35.7 Å². The highest BCUT2D eigenvalue weighted by atomic mass is 35.5. The van der Waals surface area contributed by atoms with Gasteiger partial charge < -0.3 is 5.73 Å². The maximum absolute atomic E-state index is 12.1. The van der Waals surface area contributed by atoms with E-state index in [1.165, 1.54) is 0 Å². The number of rotatable bonds is 6. The molecule has 5 heteroatoms. The van der Waals surface area contributed by atoms with E-state index in [2.05, 4.69) is 0 Å². The lowest BCUT2D eigenvalue weighted by Gasteiger charge is -2.24. The molecule has 0 aliphatic rings. The summed E-state index contributed by atoms with van der Waals surface area (Å²) in [4.78, 5) is 24.7. The molecule has 0 aromatic heterocycles. The molecule has 4 nitrogen and oxygen atoms in total. The molecule has 1 aromatic rings. The molecule has 2 N–H and O–H groups in total. The van der Waals surface area contributed by atoms with Gasteiger partial charge >= 0.3 is 0 Å². The second-order valence-corrected chi connectivity index (χ2v) is 4.78. The van der Waals surface area contributed by atoms with Gasteiger partial charge in [0.15, 0.2) is 5.78 Å². The molecular formula is C13H17ClN2O2. The van der Waals surface area contributed by atoms with E-state index in [1.54, 1.807) is 29.2 Å². The van der Waals surface area contributed by atoms with Crippen molar-refractivity contribution in [2.45, 2.75) is 19.9 Å². The van der Waals surface area contributed by atoms with Crippen molar-refractivity contribution in [2.24, 2.45) is 5.73 Å². The monoisotopic (exact) mass is 268 g/mol. The summed E-state index contributed by atoms with van der Waals surface area (Å²) in [5, 5.41) is 0.422. The Morgan fingerprint density at radius 1 is 1.28 bits per heavy atom. The molecule has 0 unspecified atom stereocenters. The van der Waals surface area contributed by atoms with Crippen molar-refractivity contribution in [1.82, 2.24) is 4.90 Å². The molecule has 0 aliphatic carbocycles. The number of nitrogens with zero attached hydrogens (tertiary/aromatic N) is 1. The molecule has 0 bridgehead atoms. The van der Waals surface area contributed by atoms with Gasteiger partial charge in [0.1, 0.15) is 0 Å². The van der Waals surface area contributed by atoms with E-state index in [0.29, 0.717) is 10.6 Å². The second kappa shape index (κ2) is 6.52. The Bertz CT molecular complexity index is 446. The predicted octanol–water partition coefficient (Wildman–Crippen LogP) is 1.72. The molecule has 0 heterocycles. The number of primary amides is 1. The Morgan fingerprint density at radius 3 is 2.39 bits per heavy atom. The largest absolute Gasteiger partial charge is 0.369 e. The van der Waals surface area contributed by atoms with Crippen molar-refractivity contribution in [3.63, 3.8) is 0 Å². The van der Waals surface area contributed by atoms with Crippen molar-refractivity contribution in [1.29, 1.82) is 0 Å². The minimum atomic E-state index is -0.448. The Balaban J connectivity index is 2.79. The van der Waals surface area contributed by atoms with Gasteiger partial charge in [0, 0.05) is 11.6 Å². The molecule has 1 rings (SSSR count). The standard InChI is InChI=1S/C13H17ClN2O2/c1-9(2)16(8-13(15)18)7-12(17)10-5-3-4-6-11(10)14/h3-6,9H,7-8H2,1-2H3,(H2,15,18). The maximum Gasteiger partial charge on any atom is 0.231 e. The van der Waals surface area contributed by atoms with Gasteiger partial charge in [0.25, 0.3) is 0 Å². The number of hydrogen-bond acceptors (Lipinski definition) is 3. The van der Waals surface area contributed by atoms with Gasteiger partial charge in [-0.2, -0.15) is 0 Å². The lowest BCUT2D eigenvalue weighted by Crippen LogP contribution is -2.41. The number of nitrogens with two attached hydrogens (primary N) is 1. The van der Waals surface area contributed by atoms with Crippen molar-refractivity contribution in [3.05, 3.63) is 34.9 Å². The van der Waals surface area contributed by atoms with Crippen LogP contribution in [0.3, 0.4) is 0 Å². The quantitative estimate of drug-likeness (QED) is 0.799. The average Bonchev–Trinajstić information content (AvgIpc) is 2.27. The number of hydrogen-bond donors (Lipinski definition) is 1. The van der Waals surface area contributed by atoms with Gasteiger partial charge in [-0.1, -0.05) is 23.7 Å². The first-order valence-corrected chi connectivity index (χ1v) is 6.09. The van der Waals surface area contributed by atoms with E-state index in [1.807, 2.05) is 13.8 Å². The Labute approximate surface area is 112 Å². The summed E-state index contributed by atoms with van der Waals surface area (Å²) in [6, 6.07) is 6.93. The van der Waals surface area contributed by atoms with Gasteiger partial charge in [-0.15, -0.1) is 0 Å². The number of benzene rings is 1. The first-order valence-electron chi connectivity index (χ1n) is 5.72. The third-order valence-electron chi connectivity index (χ3n) is 2.61. The minimum Gasteiger partial charge on any atom is -0.369 e.